The number of rotatable bonds is 2. The van der Waals surface area contributed by atoms with E-state index in [0.717, 1.165) is 0 Å². The minimum absolute atomic E-state index is 0.215. The summed E-state index contributed by atoms with van der Waals surface area (Å²) in [5, 5.41) is 17.0. The van der Waals surface area contributed by atoms with Crippen LogP contribution in [-0.4, -0.2) is 16.1 Å². The molecule has 8 heavy (non-hydrogen) atoms. The second-order valence-corrected chi connectivity index (χ2v) is 2.48. The molecule has 4 N–H and O–H groups in total. The van der Waals surface area contributed by atoms with Crippen LogP contribution >= 0.6 is 0 Å². The third-order valence-corrected chi connectivity index (χ3v) is 0.709. The fourth-order valence-electron chi connectivity index (χ4n) is 0.601. The van der Waals surface area contributed by atoms with E-state index in [1.165, 1.54) is 0 Å². The Labute approximate surface area is 49.1 Å². The highest BCUT2D eigenvalue weighted by molar-refractivity contribution is 4.56. The highest BCUT2D eigenvalue weighted by atomic mass is 16.5. The first-order valence-corrected chi connectivity index (χ1v) is 2.65. The normalized spacial score (nSPS) is 12.8. The average Bonchev–Trinajstić information content (AvgIpc) is 1.21. The van der Waals surface area contributed by atoms with Gasteiger partial charge in [-0.15, -0.1) is 0 Å². The van der Waals surface area contributed by atoms with Crippen LogP contribution in [0.15, 0.2) is 0 Å². The first kappa shape index (κ1) is 7.88. The zero-order chi connectivity index (χ0) is 6.78. The molecule has 0 rings (SSSR count). The molecule has 0 aliphatic rings. The van der Waals surface area contributed by atoms with Gasteiger partial charge < -0.3 is 10.2 Å². The summed E-state index contributed by atoms with van der Waals surface area (Å²) in [6.45, 7) is 3.74. The molecule has 0 aliphatic heterocycles. The van der Waals surface area contributed by atoms with Gasteiger partial charge in [0.25, 0.3) is 0 Å². The number of hydrogen-bond acceptors (Lipinski definition) is 3. The Morgan fingerprint density at radius 3 is 1.88 bits per heavy atom. The molecule has 0 heterocycles. The molecule has 50 valence electrons. The lowest BCUT2D eigenvalue weighted by Crippen LogP contribution is -2.40. The molecule has 0 aromatic heterocycles. The van der Waals surface area contributed by atoms with Gasteiger partial charge in [-0.25, -0.2) is 0 Å². The first-order chi connectivity index (χ1) is 3.42. The maximum absolute atomic E-state index is 8.52. The molecule has 0 amide bonds. The van der Waals surface area contributed by atoms with Crippen molar-refractivity contribution in [3.05, 3.63) is 0 Å². The van der Waals surface area contributed by atoms with E-state index < -0.39 is 5.91 Å². The summed E-state index contributed by atoms with van der Waals surface area (Å²) in [6, 6.07) is 0. The third kappa shape index (κ3) is 5.88. The molecule has 0 saturated carbocycles. The lowest BCUT2D eigenvalue weighted by Gasteiger charge is -2.16. The fourth-order valence-corrected chi connectivity index (χ4v) is 0.601. The van der Waals surface area contributed by atoms with Gasteiger partial charge >= 0.3 is 0 Å². The molecule has 0 saturated heterocycles. The van der Waals surface area contributed by atoms with Crippen molar-refractivity contribution in [3.63, 3.8) is 0 Å². The fraction of sp³-hybridized carbons (Fsp3) is 1.00. The van der Waals surface area contributed by atoms with Crippen LogP contribution in [-0.2, 0) is 0 Å². The van der Waals surface area contributed by atoms with Gasteiger partial charge in [-0.2, -0.15) is 0 Å². The van der Waals surface area contributed by atoms with Crippen molar-refractivity contribution in [2.75, 3.05) is 0 Å². The van der Waals surface area contributed by atoms with E-state index in [4.69, 9.17) is 15.9 Å². The Morgan fingerprint density at radius 2 is 1.88 bits per heavy atom. The molecule has 0 radical (unpaired) electrons. The highest BCUT2D eigenvalue weighted by Gasteiger charge is 2.16. The lowest BCUT2D eigenvalue weighted by molar-refractivity contribution is -0.166. The van der Waals surface area contributed by atoms with Crippen LogP contribution < -0.4 is 5.73 Å². The van der Waals surface area contributed by atoms with Crippen LogP contribution in [0.3, 0.4) is 0 Å². The zero-order valence-corrected chi connectivity index (χ0v) is 5.26. The summed E-state index contributed by atoms with van der Waals surface area (Å²) in [4.78, 5) is 0. The van der Waals surface area contributed by atoms with Crippen LogP contribution in [0.1, 0.15) is 20.3 Å². The molecule has 0 fully saturated rings. The number of nitrogens with two attached hydrogens (primary N) is 1. The maximum atomic E-state index is 8.52. The second kappa shape index (κ2) is 2.44. The van der Waals surface area contributed by atoms with Crippen LogP contribution in [0.2, 0.25) is 0 Å². The molecule has 0 aromatic rings. The smallest absolute Gasteiger partial charge is 0.219 e. The van der Waals surface area contributed by atoms with Gasteiger partial charge in [0.2, 0.25) is 5.91 Å². The molecule has 0 aromatic carbocycles. The van der Waals surface area contributed by atoms with Gasteiger partial charge in [0.15, 0.2) is 0 Å². The van der Waals surface area contributed by atoms with Gasteiger partial charge in [0.05, 0.1) is 0 Å². The summed E-state index contributed by atoms with van der Waals surface area (Å²) in [5.41, 5.74) is 4.85. The van der Waals surface area contributed by atoms with Gasteiger partial charge in [-0.05, 0) is 5.92 Å². The van der Waals surface area contributed by atoms with Gasteiger partial charge in [0, 0.05) is 6.42 Å². The van der Waals surface area contributed by atoms with Crippen molar-refractivity contribution >= 4 is 0 Å². The van der Waals surface area contributed by atoms with Crippen LogP contribution in [0.4, 0.5) is 0 Å². The Balaban J connectivity index is 3.39. The van der Waals surface area contributed by atoms with Crippen molar-refractivity contribution in [3.8, 4) is 0 Å². The predicted octanol–water partition coefficient (Wildman–Crippen LogP) is -0.370. The highest BCUT2D eigenvalue weighted by Crippen LogP contribution is 2.06. The second-order valence-electron chi connectivity index (χ2n) is 2.48. The van der Waals surface area contributed by atoms with Crippen LogP contribution in [0.5, 0.6) is 0 Å². The van der Waals surface area contributed by atoms with Crippen LogP contribution in [0, 0.1) is 5.92 Å². The van der Waals surface area contributed by atoms with Gasteiger partial charge in [-0.3, -0.25) is 5.73 Å². The largest absolute Gasteiger partial charge is 0.354 e. The van der Waals surface area contributed by atoms with Crippen molar-refractivity contribution in [1.29, 1.82) is 0 Å². The molecule has 0 spiro atoms. The van der Waals surface area contributed by atoms with E-state index in [1.807, 2.05) is 13.8 Å². The van der Waals surface area contributed by atoms with E-state index in [0.29, 0.717) is 0 Å². The Morgan fingerprint density at radius 1 is 1.50 bits per heavy atom. The Hall–Kier alpha value is -0.120. The minimum atomic E-state index is -1.98. The predicted molar refractivity (Wildman–Crippen MR) is 30.8 cm³/mol. The number of aliphatic hydroxyl groups is 2. The summed E-state index contributed by atoms with van der Waals surface area (Å²) >= 11 is 0. The average molecular weight is 119 g/mol. The molecule has 0 atom stereocenters. The topological polar surface area (TPSA) is 66.5 Å². The van der Waals surface area contributed by atoms with Crippen molar-refractivity contribution in [2.45, 2.75) is 26.2 Å². The van der Waals surface area contributed by atoms with Crippen molar-refractivity contribution in [2.24, 2.45) is 11.7 Å². The van der Waals surface area contributed by atoms with E-state index in [1.54, 1.807) is 0 Å². The summed E-state index contributed by atoms with van der Waals surface area (Å²) < 4.78 is 0. The SMILES string of the molecule is CC(C)CC(N)(O)O. The molecule has 0 unspecified atom stereocenters. The molecule has 3 nitrogen and oxygen atoms in total. The third-order valence-electron chi connectivity index (χ3n) is 0.709. The Kier molecular flexibility index (Phi) is 2.40. The van der Waals surface area contributed by atoms with E-state index in [2.05, 4.69) is 0 Å². The van der Waals surface area contributed by atoms with Gasteiger partial charge in [0.1, 0.15) is 0 Å². The van der Waals surface area contributed by atoms with E-state index in [-0.39, 0.29) is 12.3 Å². The molecule has 3 heteroatoms. The number of hydrogen-bond donors (Lipinski definition) is 3. The lowest BCUT2D eigenvalue weighted by atomic mass is 10.1. The van der Waals surface area contributed by atoms with E-state index >= 15 is 0 Å². The molecular weight excluding hydrogens is 106 g/mol. The molecule has 0 bridgehead atoms. The van der Waals surface area contributed by atoms with Crippen molar-refractivity contribution < 1.29 is 10.2 Å². The van der Waals surface area contributed by atoms with Crippen LogP contribution in [0.25, 0.3) is 0 Å². The summed E-state index contributed by atoms with van der Waals surface area (Å²) in [5.74, 6) is -1.76. The summed E-state index contributed by atoms with van der Waals surface area (Å²) in [6.07, 6.45) is 0.215. The van der Waals surface area contributed by atoms with Crippen molar-refractivity contribution in [1.82, 2.24) is 0 Å². The van der Waals surface area contributed by atoms with Gasteiger partial charge in [-0.1, -0.05) is 13.8 Å². The Bertz CT molecular complexity index is 65.3. The molecular formula is C5H13NO2. The quantitative estimate of drug-likeness (QED) is 0.434. The summed E-state index contributed by atoms with van der Waals surface area (Å²) in [7, 11) is 0. The molecule has 0 aliphatic carbocycles. The standard InChI is InChI=1S/C5H13NO2/c1-4(2)3-5(6,7)8/h4,7-8H,3,6H2,1-2H3. The zero-order valence-electron chi connectivity index (χ0n) is 5.26. The minimum Gasteiger partial charge on any atom is -0.354 e. The maximum Gasteiger partial charge on any atom is 0.219 e. The first-order valence-electron chi connectivity index (χ1n) is 2.65. The monoisotopic (exact) mass is 119 g/mol. The van der Waals surface area contributed by atoms with E-state index in [9.17, 15) is 0 Å².